The average Bonchev–Trinajstić information content (AvgIpc) is 3.08. The second kappa shape index (κ2) is 8.31. The molecule has 2 rings (SSSR count). The monoisotopic (exact) mass is 323 g/mol. The highest BCUT2D eigenvalue weighted by Crippen LogP contribution is 2.31. The number of amides is 3. The average molecular weight is 323 g/mol. The molecule has 0 aromatic rings. The smallest absolute Gasteiger partial charge is 0.224 e. The molecule has 1 atom stereocenters. The molecule has 0 aromatic heterocycles. The van der Waals surface area contributed by atoms with Gasteiger partial charge >= 0.3 is 0 Å². The van der Waals surface area contributed by atoms with Gasteiger partial charge in [0.15, 0.2) is 0 Å². The number of nitrogens with zero attached hydrogens (tertiary/aromatic N) is 2. The summed E-state index contributed by atoms with van der Waals surface area (Å²) in [4.78, 5) is 39.1. The van der Waals surface area contributed by atoms with Gasteiger partial charge in [0, 0.05) is 52.0 Å². The van der Waals surface area contributed by atoms with Crippen LogP contribution >= 0.6 is 0 Å². The molecule has 2 aliphatic rings. The van der Waals surface area contributed by atoms with Crippen molar-refractivity contribution in [1.29, 1.82) is 0 Å². The second-order valence-corrected chi connectivity index (χ2v) is 6.76. The molecule has 1 saturated heterocycles. The van der Waals surface area contributed by atoms with Crippen molar-refractivity contribution in [2.45, 2.75) is 46.0 Å². The predicted octanol–water partition coefficient (Wildman–Crippen LogP) is 1.01. The maximum absolute atomic E-state index is 12.2. The van der Waals surface area contributed by atoms with E-state index in [1.807, 2.05) is 6.92 Å². The lowest BCUT2D eigenvalue weighted by atomic mass is 9.92. The molecule has 1 aliphatic heterocycles. The third-order valence-electron chi connectivity index (χ3n) is 5.24. The Hall–Kier alpha value is -1.59. The van der Waals surface area contributed by atoms with E-state index in [2.05, 4.69) is 5.32 Å². The molecular weight excluding hydrogens is 294 g/mol. The highest BCUT2D eigenvalue weighted by molar-refractivity contribution is 5.80. The van der Waals surface area contributed by atoms with Gasteiger partial charge in [-0.2, -0.15) is 0 Å². The summed E-state index contributed by atoms with van der Waals surface area (Å²) >= 11 is 0. The lowest BCUT2D eigenvalue weighted by molar-refractivity contribution is -0.138. The number of hydrogen-bond donors (Lipinski definition) is 1. The van der Waals surface area contributed by atoms with Gasteiger partial charge in [-0.15, -0.1) is 0 Å². The summed E-state index contributed by atoms with van der Waals surface area (Å²) in [6.45, 7) is 6.34. The number of piperazine rings is 1. The molecule has 1 heterocycles. The summed E-state index contributed by atoms with van der Waals surface area (Å²) in [5.74, 6) is 0.746. The molecule has 0 bridgehead atoms. The largest absolute Gasteiger partial charge is 0.355 e. The van der Waals surface area contributed by atoms with Gasteiger partial charge in [0.05, 0.1) is 0 Å². The third-order valence-corrected chi connectivity index (χ3v) is 5.24. The Labute approximate surface area is 138 Å². The van der Waals surface area contributed by atoms with Gasteiger partial charge in [-0.05, 0) is 18.8 Å². The summed E-state index contributed by atoms with van der Waals surface area (Å²) in [6, 6.07) is 0. The van der Waals surface area contributed by atoms with E-state index < -0.39 is 0 Å². The van der Waals surface area contributed by atoms with Crippen LogP contribution in [0.1, 0.15) is 46.0 Å². The van der Waals surface area contributed by atoms with Crippen LogP contribution in [0.4, 0.5) is 0 Å². The molecule has 0 radical (unpaired) electrons. The molecule has 130 valence electrons. The Morgan fingerprint density at radius 3 is 2.17 bits per heavy atom. The van der Waals surface area contributed by atoms with Crippen LogP contribution in [0.3, 0.4) is 0 Å². The van der Waals surface area contributed by atoms with Crippen LogP contribution in [0.2, 0.25) is 0 Å². The van der Waals surface area contributed by atoms with E-state index in [1.165, 1.54) is 12.8 Å². The van der Waals surface area contributed by atoms with Gasteiger partial charge in [-0.1, -0.05) is 19.8 Å². The fraction of sp³-hybridized carbons (Fsp3) is 0.824. The van der Waals surface area contributed by atoms with Crippen LogP contribution in [0, 0.1) is 11.8 Å². The second-order valence-electron chi connectivity index (χ2n) is 6.76. The minimum absolute atomic E-state index is 0.0479. The minimum Gasteiger partial charge on any atom is -0.355 e. The standard InChI is InChI=1S/C17H29N3O3/c1-13(15-5-3-4-6-15)17(23)18-8-7-16(22)20-11-9-19(10-12-20)14(2)21/h13,15H,3-12H2,1-2H3,(H,18,23). The van der Waals surface area contributed by atoms with Crippen LogP contribution in [0.25, 0.3) is 0 Å². The maximum atomic E-state index is 12.2. The third kappa shape index (κ3) is 4.94. The summed E-state index contributed by atoms with van der Waals surface area (Å²) in [5.41, 5.74) is 0. The molecule has 6 heteroatoms. The Morgan fingerprint density at radius 1 is 1.04 bits per heavy atom. The van der Waals surface area contributed by atoms with E-state index in [-0.39, 0.29) is 23.6 Å². The SMILES string of the molecule is CC(=O)N1CCN(C(=O)CCNC(=O)C(C)C2CCCC2)CC1. The van der Waals surface area contributed by atoms with Gasteiger partial charge in [0.1, 0.15) is 0 Å². The lowest BCUT2D eigenvalue weighted by Gasteiger charge is -2.34. The van der Waals surface area contributed by atoms with E-state index in [0.29, 0.717) is 45.1 Å². The highest BCUT2D eigenvalue weighted by atomic mass is 16.2. The molecule has 23 heavy (non-hydrogen) atoms. The summed E-state index contributed by atoms with van der Waals surface area (Å²) < 4.78 is 0. The fourth-order valence-electron chi connectivity index (χ4n) is 3.55. The van der Waals surface area contributed by atoms with E-state index in [0.717, 1.165) is 12.8 Å². The van der Waals surface area contributed by atoms with Gasteiger partial charge in [0.25, 0.3) is 0 Å². The first-order valence-electron chi connectivity index (χ1n) is 8.80. The topological polar surface area (TPSA) is 69.7 Å². The number of rotatable bonds is 5. The molecule has 1 N–H and O–H groups in total. The molecule has 2 fully saturated rings. The number of hydrogen-bond acceptors (Lipinski definition) is 3. The van der Waals surface area contributed by atoms with Crippen molar-refractivity contribution in [1.82, 2.24) is 15.1 Å². The minimum atomic E-state index is 0.0479. The Balaban J connectivity index is 1.64. The van der Waals surface area contributed by atoms with Gasteiger partial charge in [-0.3, -0.25) is 14.4 Å². The quantitative estimate of drug-likeness (QED) is 0.821. The van der Waals surface area contributed by atoms with E-state index in [1.54, 1.807) is 16.7 Å². The first-order chi connectivity index (χ1) is 11.0. The van der Waals surface area contributed by atoms with Crippen LogP contribution < -0.4 is 5.32 Å². The van der Waals surface area contributed by atoms with Crippen molar-refractivity contribution < 1.29 is 14.4 Å². The predicted molar refractivity (Wildman–Crippen MR) is 87.6 cm³/mol. The van der Waals surface area contributed by atoms with Crippen LogP contribution in [0.5, 0.6) is 0 Å². The van der Waals surface area contributed by atoms with Crippen molar-refractivity contribution in [3.63, 3.8) is 0 Å². The molecular formula is C17H29N3O3. The van der Waals surface area contributed by atoms with Crippen molar-refractivity contribution in [3.8, 4) is 0 Å². The van der Waals surface area contributed by atoms with Crippen LogP contribution in [-0.4, -0.2) is 60.2 Å². The Kier molecular flexibility index (Phi) is 6.42. The van der Waals surface area contributed by atoms with Gasteiger partial charge in [0.2, 0.25) is 17.7 Å². The van der Waals surface area contributed by atoms with Crippen molar-refractivity contribution in [3.05, 3.63) is 0 Å². The lowest BCUT2D eigenvalue weighted by Crippen LogP contribution is -2.50. The normalized spacial score (nSPS) is 20.4. The zero-order chi connectivity index (χ0) is 16.8. The molecule has 3 amide bonds. The zero-order valence-electron chi connectivity index (χ0n) is 14.3. The molecule has 1 unspecified atom stereocenters. The van der Waals surface area contributed by atoms with Crippen molar-refractivity contribution >= 4 is 17.7 Å². The van der Waals surface area contributed by atoms with Crippen molar-refractivity contribution in [2.75, 3.05) is 32.7 Å². The van der Waals surface area contributed by atoms with Gasteiger partial charge < -0.3 is 15.1 Å². The molecule has 0 spiro atoms. The number of carbonyl (C=O) groups is 3. The summed E-state index contributed by atoms with van der Waals surface area (Å²) in [6.07, 6.45) is 5.09. The zero-order valence-corrected chi connectivity index (χ0v) is 14.3. The maximum Gasteiger partial charge on any atom is 0.224 e. The van der Waals surface area contributed by atoms with E-state index in [9.17, 15) is 14.4 Å². The first kappa shape index (κ1) is 17.8. The Morgan fingerprint density at radius 2 is 1.61 bits per heavy atom. The number of nitrogens with one attached hydrogen (secondary N) is 1. The van der Waals surface area contributed by atoms with Gasteiger partial charge in [-0.25, -0.2) is 0 Å². The molecule has 6 nitrogen and oxygen atoms in total. The van der Waals surface area contributed by atoms with Crippen LogP contribution in [0.15, 0.2) is 0 Å². The molecule has 0 aromatic carbocycles. The highest BCUT2D eigenvalue weighted by Gasteiger charge is 2.27. The molecule has 1 saturated carbocycles. The first-order valence-corrected chi connectivity index (χ1v) is 8.80. The van der Waals surface area contributed by atoms with Crippen molar-refractivity contribution in [2.24, 2.45) is 11.8 Å². The summed E-state index contributed by atoms with van der Waals surface area (Å²) in [5, 5.41) is 2.91. The van der Waals surface area contributed by atoms with E-state index >= 15 is 0 Å². The number of carbonyl (C=O) groups excluding carboxylic acids is 3. The molecule has 1 aliphatic carbocycles. The fourth-order valence-corrected chi connectivity index (χ4v) is 3.55. The van der Waals surface area contributed by atoms with Crippen LogP contribution in [-0.2, 0) is 14.4 Å². The Bertz CT molecular complexity index is 438. The summed E-state index contributed by atoms with van der Waals surface area (Å²) in [7, 11) is 0. The van der Waals surface area contributed by atoms with E-state index in [4.69, 9.17) is 0 Å².